The fourth-order valence-corrected chi connectivity index (χ4v) is 18.8. The Hall–Kier alpha value is -8.74. The second-order valence-electron chi connectivity index (χ2n) is 18.7. The van der Waals surface area contributed by atoms with E-state index in [9.17, 15) is 0 Å². The largest absolute Gasteiger partial charge is 0.457 e. The molecule has 0 fully saturated rings. The van der Waals surface area contributed by atoms with Gasteiger partial charge in [0.1, 0.15) is 11.5 Å². The smallest absolute Gasteiger partial charge is 0.189 e. The molecule has 1 unspecified atom stereocenters. The SMILES string of the molecule is c1ccc(-n2c3ccccc3c3ccc(-c4cccc5c4Oc4ccccc4[Si]5(c4ccc(-c5cccc(-n6c7ccccc7c7ccccc76)c5)cc4)c4cccc5c4sc4ccccc45)cc32)cc1. The van der Waals surface area contributed by atoms with Crippen molar-refractivity contribution >= 4 is 104 Å². The molecule has 1 aliphatic heterocycles. The van der Waals surface area contributed by atoms with E-state index >= 15 is 0 Å². The molecule has 0 N–H and O–H groups in total. The van der Waals surface area contributed by atoms with Crippen molar-refractivity contribution in [2.45, 2.75) is 0 Å². The van der Waals surface area contributed by atoms with Gasteiger partial charge in [0.15, 0.2) is 8.07 Å². The van der Waals surface area contributed by atoms with Gasteiger partial charge >= 0.3 is 0 Å². The molecule has 3 nitrogen and oxygen atoms in total. The number of thiophene rings is 1. The molecule has 0 saturated heterocycles. The first-order chi connectivity index (χ1) is 35.2. The number of hydrogen-bond acceptors (Lipinski definition) is 2. The minimum Gasteiger partial charge on any atom is -0.457 e. The van der Waals surface area contributed by atoms with Gasteiger partial charge in [-0.15, -0.1) is 11.3 Å². The monoisotopic (exact) mass is 938 g/mol. The van der Waals surface area contributed by atoms with Gasteiger partial charge in [0.05, 0.1) is 22.1 Å². The second-order valence-corrected chi connectivity index (χ2v) is 23.5. The van der Waals surface area contributed by atoms with E-state index < -0.39 is 8.07 Å². The van der Waals surface area contributed by atoms with Crippen molar-refractivity contribution < 1.29 is 4.74 Å². The fourth-order valence-electron chi connectivity index (χ4n) is 12.0. The molecule has 11 aromatic carbocycles. The topological polar surface area (TPSA) is 19.1 Å². The van der Waals surface area contributed by atoms with Crippen molar-refractivity contribution in [1.29, 1.82) is 0 Å². The molecule has 1 aliphatic rings. The number of nitrogens with zero attached hydrogens (tertiary/aromatic N) is 2. The lowest BCUT2D eigenvalue weighted by molar-refractivity contribution is 0.489. The Morgan fingerprint density at radius 1 is 0.338 bits per heavy atom. The summed E-state index contributed by atoms with van der Waals surface area (Å²) in [6.07, 6.45) is 0. The molecule has 0 radical (unpaired) electrons. The van der Waals surface area contributed by atoms with Crippen molar-refractivity contribution in [1.82, 2.24) is 9.13 Å². The molecule has 71 heavy (non-hydrogen) atoms. The Morgan fingerprint density at radius 2 is 0.887 bits per heavy atom. The number of hydrogen-bond donors (Lipinski definition) is 0. The van der Waals surface area contributed by atoms with Crippen molar-refractivity contribution in [3.8, 4) is 45.1 Å². The quantitative estimate of drug-likeness (QED) is 0.152. The molecule has 1 atom stereocenters. The fraction of sp³-hybridized carbons (Fsp3) is 0. The van der Waals surface area contributed by atoms with Crippen molar-refractivity contribution in [3.63, 3.8) is 0 Å². The van der Waals surface area contributed by atoms with Crippen molar-refractivity contribution in [2.24, 2.45) is 0 Å². The van der Waals surface area contributed by atoms with Crippen LogP contribution in [-0.2, 0) is 0 Å². The Kier molecular flexibility index (Phi) is 8.85. The third-order valence-corrected chi connectivity index (χ3v) is 21.3. The lowest BCUT2D eigenvalue weighted by Crippen LogP contribution is -2.76. The lowest BCUT2D eigenvalue weighted by atomic mass is 10.0. The summed E-state index contributed by atoms with van der Waals surface area (Å²) < 4.78 is 14.8. The summed E-state index contributed by atoms with van der Waals surface area (Å²) in [5, 5.41) is 12.8. The third kappa shape index (κ3) is 5.88. The zero-order chi connectivity index (χ0) is 46.6. The van der Waals surface area contributed by atoms with Crippen LogP contribution < -0.4 is 25.5 Å². The molecule has 5 heteroatoms. The Balaban J connectivity index is 0.963. The summed E-state index contributed by atoms with van der Waals surface area (Å²) in [7, 11) is -3.17. The van der Waals surface area contributed by atoms with Gasteiger partial charge in [-0.3, -0.25) is 0 Å². The molecule has 0 bridgehead atoms. The van der Waals surface area contributed by atoms with Crippen LogP contribution in [-0.4, -0.2) is 17.2 Å². The Bertz CT molecular complexity index is 4400. The molecule has 14 aromatic rings. The van der Waals surface area contributed by atoms with Crippen LogP contribution in [0, 0.1) is 0 Å². The predicted molar refractivity (Wildman–Crippen MR) is 303 cm³/mol. The first-order valence-corrected chi connectivity index (χ1v) is 27.1. The molecule has 15 rings (SSSR count). The van der Waals surface area contributed by atoms with E-state index in [0.29, 0.717) is 0 Å². The second kappa shape index (κ2) is 15.6. The van der Waals surface area contributed by atoms with E-state index in [4.69, 9.17) is 4.74 Å². The van der Waals surface area contributed by atoms with Gasteiger partial charge < -0.3 is 13.9 Å². The number of benzene rings is 11. The standard InChI is InChI=1S/C66H42N2OSSi/c1-2-18-46(19-3-1)67-56-27-8-6-23-52(56)53-40-37-45(42-59(53)67)49-25-15-33-63-65(49)69-60-30-11-13-32-62(60)71(63,64-34-16-26-55-54-24-7-12-31-61(54)70-66(55)64)48-38-35-43(36-39-48)44-17-14-20-47(41-44)68-57-28-9-4-21-50(57)51-22-5-10-29-58(51)68/h1-42H. The van der Waals surface area contributed by atoms with Crippen LogP contribution >= 0.6 is 11.3 Å². The minimum absolute atomic E-state index is 0.916. The maximum Gasteiger partial charge on any atom is 0.189 e. The summed E-state index contributed by atoms with van der Waals surface area (Å²) in [5.41, 5.74) is 11.6. The number of ether oxygens (including phenoxy) is 1. The van der Waals surface area contributed by atoms with Gasteiger partial charge in [-0.25, -0.2) is 0 Å². The van der Waals surface area contributed by atoms with Gasteiger partial charge in [0.25, 0.3) is 0 Å². The Labute approximate surface area is 415 Å². The van der Waals surface area contributed by atoms with Crippen LogP contribution in [0.4, 0.5) is 0 Å². The predicted octanol–water partition coefficient (Wildman–Crippen LogP) is 15.1. The van der Waals surface area contributed by atoms with Gasteiger partial charge in [0.2, 0.25) is 0 Å². The highest BCUT2D eigenvalue weighted by Gasteiger charge is 2.49. The van der Waals surface area contributed by atoms with E-state index in [1.165, 1.54) is 95.7 Å². The van der Waals surface area contributed by atoms with Gasteiger partial charge in [-0.1, -0.05) is 194 Å². The first-order valence-electron chi connectivity index (χ1n) is 24.3. The first kappa shape index (κ1) is 40.2. The normalized spacial score (nSPS) is 14.4. The van der Waals surface area contributed by atoms with E-state index in [1.807, 2.05) is 11.3 Å². The molecule has 0 spiro atoms. The molecule has 332 valence electrons. The summed E-state index contributed by atoms with van der Waals surface area (Å²) in [6, 6.07) is 94.2. The van der Waals surface area contributed by atoms with Gasteiger partial charge in [-0.2, -0.15) is 0 Å². The van der Waals surface area contributed by atoms with E-state index in [2.05, 4.69) is 264 Å². The van der Waals surface area contributed by atoms with Crippen LogP contribution in [0.15, 0.2) is 255 Å². The van der Waals surface area contributed by atoms with Gasteiger partial charge in [0, 0.05) is 58.7 Å². The molecular formula is C66H42N2OSSi. The van der Waals surface area contributed by atoms with Crippen LogP contribution in [0.2, 0.25) is 0 Å². The van der Waals surface area contributed by atoms with E-state index in [0.717, 1.165) is 34.0 Å². The molecule has 3 aromatic heterocycles. The summed E-state index contributed by atoms with van der Waals surface area (Å²) in [5.74, 6) is 1.85. The highest BCUT2D eigenvalue weighted by atomic mass is 32.1. The molecule has 4 heterocycles. The third-order valence-electron chi connectivity index (χ3n) is 15.1. The van der Waals surface area contributed by atoms with Crippen molar-refractivity contribution in [3.05, 3.63) is 255 Å². The highest BCUT2D eigenvalue weighted by Crippen LogP contribution is 2.42. The molecule has 0 amide bonds. The minimum atomic E-state index is -3.17. The molecule has 0 saturated carbocycles. The number of para-hydroxylation sites is 6. The Morgan fingerprint density at radius 3 is 1.65 bits per heavy atom. The molecular weight excluding hydrogens is 897 g/mol. The number of fused-ring (bicyclic) bond motifs is 11. The number of rotatable bonds is 6. The summed E-state index contributed by atoms with van der Waals surface area (Å²) in [6.45, 7) is 0. The average molecular weight is 939 g/mol. The summed E-state index contributed by atoms with van der Waals surface area (Å²) >= 11 is 1.92. The van der Waals surface area contributed by atoms with E-state index in [-0.39, 0.29) is 0 Å². The lowest BCUT2D eigenvalue weighted by Gasteiger charge is -2.40. The zero-order valence-corrected chi connectivity index (χ0v) is 40.3. The average Bonchev–Trinajstić information content (AvgIpc) is 4.10. The summed E-state index contributed by atoms with van der Waals surface area (Å²) in [4.78, 5) is 0. The maximum atomic E-state index is 7.35. The van der Waals surface area contributed by atoms with Gasteiger partial charge in [-0.05, 0) is 98.1 Å². The maximum absolute atomic E-state index is 7.35. The molecule has 0 aliphatic carbocycles. The number of aromatic nitrogens is 2. The van der Waals surface area contributed by atoms with Crippen LogP contribution in [0.1, 0.15) is 0 Å². The van der Waals surface area contributed by atoms with E-state index in [1.54, 1.807) is 0 Å². The van der Waals surface area contributed by atoms with Crippen LogP contribution in [0.5, 0.6) is 11.5 Å². The zero-order valence-electron chi connectivity index (χ0n) is 38.5. The highest BCUT2D eigenvalue weighted by molar-refractivity contribution is 7.31. The van der Waals surface area contributed by atoms with Crippen LogP contribution in [0.3, 0.4) is 0 Å². The van der Waals surface area contributed by atoms with Crippen molar-refractivity contribution in [2.75, 3.05) is 0 Å². The van der Waals surface area contributed by atoms with Crippen LogP contribution in [0.25, 0.3) is 97.4 Å².